The van der Waals surface area contributed by atoms with Crippen LogP contribution in [-0.4, -0.2) is 24.7 Å². The molecule has 0 fully saturated rings. The summed E-state index contributed by atoms with van der Waals surface area (Å²) < 4.78 is 11.0. The summed E-state index contributed by atoms with van der Waals surface area (Å²) in [4.78, 5) is 12.3. The molecule has 0 bridgehead atoms. The molecule has 0 saturated carbocycles. The van der Waals surface area contributed by atoms with Crippen LogP contribution >= 0.6 is 0 Å². The Hall–Kier alpha value is -1.75. The van der Waals surface area contributed by atoms with Gasteiger partial charge in [0.15, 0.2) is 0 Å². The van der Waals surface area contributed by atoms with Gasteiger partial charge in [0.2, 0.25) is 5.91 Å². The van der Waals surface area contributed by atoms with Crippen LogP contribution in [0.5, 0.6) is 11.5 Å². The van der Waals surface area contributed by atoms with Crippen LogP contribution in [0.2, 0.25) is 0 Å². The quantitative estimate of drug-likeness (QED) is 0.773. The van der Waals surface area contributed by atoms with Crippen LogP contribution in [0.15, 0.2) is 18.2 Å². The van der Waals surface area contributed by atoms with Crippen LogP contribution < -0.4 is 20.5 Å². The monoisotopic (exact) mass is 294 g/mol. The second-order valence-corrected chi connectivity index (χ2v) is 5.15. The fraction of sp³-hybridized carbons (Fsp3) is 0.562. The first-order valence-corrected chi connectivity index (χ1v) is 7.44. The molecule has 5 nitrogen and oxygen atoms in total. The number of amides is 1. The first-order valence-electron chi connectivity index (χ1n) is 7.44. The Balaban J connectivity index is 2.97. The van der Waals surface area contributed by atoms with E-state index in [2.05, 4.69) is 5.32 Å². The summed E-state index contributed by atoms with van der Waals surface area (Å²) in [6.07, 6.45) is 1.46. The van der Waals surface area contributed by atoms with Crippen molar-refractivity contribution in [2.45, 2.75) is 46.1 Å². The zero-order chi connectivity index (χ0) is 15.9. The summed E-state index contributed by atoms with van der Waals surface area (Å²) >= 11 is 0. The van der Waals surface area contributed by atoms with E-state index < -0.39 is 5.54 Å². The van der Waals surface area contributed by atoms with Crippen LogP contribution in [0.25, 0.3) is 0 Å². The molecule has 0 aliphatic heterocycles. The standard InChI is InChI=1S/C16H26N2O3/c1-5-10-16(4,17)15(19)18-13-11-12(20-6-2)8-9-14(13)21-7-3/h8-9,11H,5-7,10,17H2,1-4H3,(H,18,19). The lowest BCUT2D eigenvalue weighted by molar-refractivity contribution is -0.120. The van der Waals surface area contributed by atoms with Crippen LogP contribution in [-0.2, 0) is 4.79 Å². The topological polar surface area (TPSA) is 73.6 Å². The molecule has 1 atom stereocenters. The predicted octanol–water partition coefficient (Wildman–Crippen LogP) is 2.94. The van der Waals surface area contributed by atoms with Crippen molar-refractivity contribution in [3.8, 4) is 11.5 Å². The first-order chi connectivity index (χ1) is 9.94. The molecule has 0 aliphatic rings. The van der Waals surface area contributed by atoms with Gasteiger partial charge >= 0.3 is 0 Å². The summed E-state index contributed by atoms with van der Waals surface area (Å²) in [6, 6.07) is 5.37. The van der Waals surface area contributed by atoms with E-state index in [0.29, 0.717) is 36.8 Å². The Morgan fingerprint density at radius 2 is 1.90 bits per heavy atom. The maximum atomic E-state index is 12.3. The molecule has 0 aromatic heterocycles. The maximum absolute atomic E-state index is 12.3. The highest BCUT2D eigenvalue weighted by atomic mass is 16.5. The van der Waals surface area contributed by atoms with Crippen LogP contribution in [0.1, 0.15) is 40.5 Å². The Morgan fingerprint density at radius 3 is 2.48 bits per heavy atom. The van der Waals surface area contributed by atoms with Gasteiger partial charge in [-0.1, -0.05) is 13.3 Å². The van der Waals surface area contributed by atoms with E-state index >= 15 is 0 Å². The van der Waals surface area contributed by atoms with Gasteiger partial charge in [0.05, 0.1) is 24.4 Å². The van der Waals surface area contributed by atoms with Crippen molar-refractivity contribution < 1.29 is 14.3 Å². The summed E-state index contributed by atoms with van der Waals surface area (Å²) in [5.41, 5.74) is 5.74. The third-order valence-corrected chi connectivity index (χ3v) is 3.10. The molecule has 1 rings (SSSR count). The zero-order valence-corrected chi connectivity index (χ0v) is 13.4. The molecule has 118 valence electrons. The lowest BCUT2D eigenvalue weighted by Gasteiger charge is -2.23. The third-order valence-electron chi connectivity index (χ3n) is 3.10. The number of benzene rings is 1. The van der Waals surface area contributed by atoms with Crippen molar-refractivity contribution in [2.75, 3.05) is 18.5 Å². The van der Waals surface area contributed by atoms with Gasteiger partial charge in [-0.15, -0.1) is 0 Å². The molecule has 1 unspecified atom stereocenters. The fourth-order valence-electron chi connectivity index (χ4n) is 2.04. The molecule has 0 aliphatic carbocycles. The smallest absolute Gasteiger partial charge is 0.244 e. The lowest BCUT2D eigenvalue weighted by atomic mass is 9.96. The SMILES string of the molecule is CCCC(C)(N)C(=O)Nc1cc(OCC)ccc1OCC. The Labute approximate surface area is 126 Å². The second kappa shape index (κ2) is 7.88. The second-order valence-electron chi connectivity index (χ2n) is 5.15. The van der Waals surface area contributed by atoms with E-state index in [9.17, 15) is 4.79 Å². The average Bonchev–Trinajstić information content (AvgIpc) is 2.42. The van der Waals surface area contributed by atoms with Gasteiger partial charge in [0.1, 0.15) is 11.5 Å². The van der Waals surface area contributed by atoms with Crippen LogP contribution in [0, 0.1) is 0 Å². The highest BCUT2D eigenvalue weighted by Gasteiger charge is 2.28. The molecule has 1 aromatic rings. The van der Waals surface area contributed by atoms with Crippen molar-refractivity contribution in [1.82, 2.24) is 0 Å². The van der Waals surface area contributed by atoms with Gasteiger partial charge in [0, 0.05) is 6.07 Å². The summed E-state index contributed by atoms with van der Waals surface area (Å²) in [7, 11) is 0. The predicted molar refractivity (Wildman–Crippen MR) is 84.9 cm³/mol. The molecule has 21 heavy (non-hydrogen) atoms. The number of carbonyl (C=O) groups excluding carboxylic acids is 1. The molecule has 0 radical (unpaired) electrons. The molecule has 0 spiro atoms. The minimum Gasteiger partial charge on any atom is -0.494 e. The van der Waals surface area contributed by atoms with E-state index in [-0.39, 0.29) is 5.91 Å². The number of nitrogens with two attached hydrogens (primary N) is 1. The minimum atomic E-state index is -0.903. The lowest BCUT2D eigenvalue weighted by Crippen LogP contribution is -2.48. The molecular formula is C16H26N2O3. The largest absolute Gasteiger partial charge is 0.494 e. The average molecular weight is 294 g/mol. The van der Waals surface area contributed by atoms with Gasteiger partial charge in [-0.05, 0) is 39.3 Å². The van der Waals surface area contributed by atoms with Gasteiger partial charge in [-0.2, -0.15) is 0 Å². The van der Waals surface area contributed by atoms with Gasteiger partial charge in [-0.25, -0.2) is 0 Å². The van der Waals surface area contributed by atoms with E-state index in [1.165, 1.54) is 0 Å². The van der Waals surface area contributed by atoms with Crippen LogP contribution in [0.3, 0.4) is 0 Å². The number of rotatable bonds is 8. The number of anilines is 1. The maximum Gasteiger partial charge on any atom is 0.244 e. The minimum absolute atomic E-state index is 0.223. The van der Waals surface area contributed by atoms with Crippen LogP contribution in [0.4, 0.5) is 5.69 Å². The third kappa shape index (κ3) is 4.93. The summed E-state index contributed by atoms with van der Waals surface area (Å²) in [5, 5.41) is 2.85. The highest BCUT2D eigenvalue weighted by molar-refractivity contribution is 5.98. The Bertz CT molecular complexity index is 473. The molecule has 1 aromatic carbocycles. The van der Waals surface area contributed by atoms with E-state index in [0.717, 1.165) is 6.42 Å². The van der Waals surface area contributed by atoms with Gasteiger partial charge in [-0.3, -0.25) is 4.79 Å². The number of hydrogen-bond donors (Lipinski definition) is 2. The fourth-order valence-corrected chi connectivity index (χ4v) is 2.04. The Morgan fingerprint density at radius 1 is 1.24 bits per heavy atom. The van der Waals surface area contributed by atoms with Gasteiger partial charge in [0.25, 0.3) is 0 Å². The zero-order valence-electron chi connectivity index (χ0n) is 13.4. The van der Waals surface area contributed by atoms with E-state index in [4.69, 9.17) is 15.2 Å². The number of ether oxygens (including phenoxy) is 2. The van der Waals surface area contributed by atoms with Crippen molar-refractivity contribution in [3.05, 3.63) is 18.2 Å². The first kappa shape index (κ1) is 17.3. The normalized spacial score (nSPS) is 13.4. The molecule has 5 heteroatoms. The number of nitrogens with one attached hydrogen (secondary N) is 1. The van der Waals surface area contributed by atoms with Crippen molar-refractivity contribution in [2.24, 2.45) is 5.73 Å². The molecular weight excluding hydrogens is 268 g/mol. The van der Waals surface area contributed by atoms with Crippen molar-refractivity contribution in [3.63, 3.8) is 0 Å². The molecule has 0 saturated heterocycles. The van der Waals surface area contributed by atoms with Crippen molar-refractivity contribution >= 4 is 11.6 Å². The molecule has 0 heterocycles. The molecule has 1 amide bonds. The van der Waals surface area contributed by atoms with E-state index in [1.54, 1.807) is 19.1 Å². The number of hydrogen-bond acceptors (Lipinski definition) is 4. The Kier molecular flexibility index (Phi) is 6.49. The highest BCUT2D eigenvalue weighted by Crippen LogP contribution is 2.30. The van der Waals surface area contributed by atoms with E-state index in [1.807, 2.05) is 26.8 Å². The summed E-state index contributed by atoms with van der Waals surface area (Å²) in [5.74, 6) is 1.08. The molecule has 3 N–H and O–H groups in total. The number of carbonyl (C=O) groups is 1. The summed E-state index contributed by atoms with van der Waals surface area (Å²) in [6.45, 7) is 8.62. The van der Waals surface area contributed by atoms with Crippen molar-refractivity contribution in [1.29, 1.82) is 0 Å². The van der Waals surface area contributed by atoms with Gasteiger partial charge < -0.3 is 20.5 Å².